The molecular formula is C10H16O. The number of rotatable bonds is 1. The molecule has 0 bridgehead atoms. The van der Waals surface area contributed by atoms with Crippen LogP contribution in [0.3, 0.4) is 0 Å². The summed E-state index contributed by atoms with van der Waals surface area (Å²) in [6.45, 7) is 8.23. The van der Waals surface area contributed by atoms with Gasteiger partial charge in [-0.1, -0.05) is 26.0 Å². The van der Waals surface area contributed by atoms with Gasteiger partial charge in [-0.25, -0.2) is 0 Å². The predicted octanol–water partition coefficient (Wildman–Crippen LogP) is 2.57. The van der Waals surface area contributed by atoms with Gasteiger partial charge in [0.25, 0.3) is 0 Å². The molecule has 1 atom stereocenters. The van der Waals surface area contributed by atoms with Crippen molar-refractivity contribution in [3.63, 3.8) is 0 Å². The van der Waals surface area contributed by atoms with E-state index in [2.05, 4.69) is 20.4 Å². The Labute approximate surface area is 68.5 Å². The first-order valence-corrected chi connectivity index (χ1v) is 4.21. The van der Waals surface area contributed by atoms with Crippen molar-refractivity contribution in [2.45, 2.75) is 33.1 Å². The first kappa shape index (κ1) is 8.51. The molecule has 1 saturated carbocycles. The highest BCUT2D eigenvalue weighted by Gasteiger charge is 2.33. The lowest BCUT2D eigenvalue weighted by Gasteiger charge is -2.36. The second kappa shape index (κ2) is 2.80. The third-order valence-corrected chi connectivity index (χ3v) is 2.74. The number of hydrogen-bond acceptors (Lipinski definition) is 1. The van der Waals surface area contributed by atoms with E-state index in [9.17, 15) is 4.79 Å². The van der Waals surface area contributed by atoms with E-state index in [1.807, 2.05) is 0 Å². The second-order valence-corrected chi connectivity index (χ2v) is 4.11. The van der Waals surface area contributed by atoms with Crippen LogP contribution in [0.15, 0.2) is 12.2 Å². The van der Waals surface area contributed by atoms with Crippen LogP contribution in [0, 0.1) is 11.3 Å². The highest BCUT2D eigenvalue weighted by atomic mass is 16.1. The van der Waals surface area contributed by atoms with Crippen molar-refractivity contribution in [2.75, 3.05) is 0 Å². The molecule has 1 nitrogen and oxygen atoms in total. The highest BCUT2D eigenvalue weighted by Crippen LogP contribution is 2.41. The molecule has 11 heavy (non-hydrogen) atoms. The maximum atomic E-state index is 10.7. The predicted molar refractivity (Wildman–Crippen MR) is 46.3 cm³/mol. The molecule has 0 amide bonds. The number of carbonyl (C=O) groups excluding carboxylic acids is 1. The molecule has 0 aliphatic heterocycles. The quantitative estimate of drug-likeness (QED) is 0.417. The summed E-state index contributed by atoms with van der Waals surface area (Å²) in [7, 11) is 0. The third kappa shape index (κ3) is 1.52. The minimum absolute atomic E-state index is 0.0937. The topological polar surface area (TPSA) is 17.1 Å². The van der Waals surface area contributed by atoms with Gasteiger partial charge in [-0.15, -0.1) is 0 Å². The molecule has 0 aromatic carbocycles. The fraction of sp³-hybridized carbons (Fsp3) is 0.700. The smallest absolute Gasteiger partial charge is 0.127 e. The molecule has 62 valence electrons. The minimum Gasteiger partial charge on any atom is -0.303 e. The van der Waals surface area contributed by atoms with Crippen LogP contribution in [0.25, 0.3) is 0 Å². The van der Waals surface area contributed by atoms with E-state index in [1.165, 1.54) is 6.42 Å². The molecule has 1 rings (SSSR count). The number of hydrogen-bond donors (Lipinski definition) is 0. The van der Waals surface area contributed by atoms with Crippen LogP contribution in [0.1, 0.15) is 33.1 Å². The van der Waals surface area contributed by atoms with Crippen LogP contribution >= 0.6 is 0 Å². The van der Waals surface area contributed by atoms with Gasteiger partial charge in [0.1, 0.15) is 6.29 Å². The lowest BCUT2D eigenvalue weighted by Crippen LogP contribution is -2.30. The molecule has 1 aliphatic carbocycles. The lowest BCUT2D eigenvalue weighted by molar-refractivity contribution is -0.113. The van der Waals surface area contributed by atoms with Gasteiger partial charge in [0.05, 0.1) is 0 Å². The summed E-state index contributed by atoms with van der Waals surface area (Å²) < 4.78 is 0. The van der Waals surface area contributed by atoms with Gasteiger partial charge >= 0.3 is 0 Å². The Morgan fingerprint density at radius 3 is 2.64 bits per heavy atom. The summed E-state index contributed by atoms with van der Waals surface area (Å²) in [6, 6.07) is 0. The first-order chi connectivity index (χ1) is 5.08. The Balaban J connectivity index is 2.80. The summed E-state index contributed by atoms with van der Waals surface area (Å²) in [5.41, 5.74) is 1.27. The van der Waals surface area contributed by atoms with Crippen LogP contribution in [-0.2, 0) is 4.79 Å². The van der Waals surface area contributed by atoms with Gasteiger partial charge in [-0.05, 0) is 24.7 Å². The fourth-order valence-electron chi connectivity index (χ4n) is 1.92. The summed E-state index contributed by atoms with van der Waals surface area (Å²) in [4.78, 5) is 10.7. The van der Waals surface area contributed by atoms with Crippen molar-refractivity contribution in [1.82, 2.24) is 0 Å². The van der Waals surface area contributed by atoms with Crippen molar-refractivity contribution in [3.8, 4) is 0 Å². The highest BCUT2D eigenvalue weighted by molar-refractivity contribution is 5.60. The van der Waals surface area contributed by atoms with Crippen LogP contribution in [0.4, 0.5) is 0 Å². The molecule has 1 unspecified atom stereocenters. The van der Waals surface area contributed by atoms with Crippen molar-refractivity contribution in [3.05, 3.63) is 12.2 Å². The van der Waals surface area contributed by atoms with Crippen molar-refractivity contribution in [2.24, 2.45) is 11.3 Å². The zero-order valence-corrected chi connectivity index (χ0v) is 7.39. The van der Waals surface area contributed by atoms with Crippen LogP contribution in [0.2, 0.25) is 0 Å². The zero-order valence-electron chi connectivity index (χ0n) is 7.39. The van der Waals surface area contributed by atoms with E-state index >= 15 is 0 Å². The normalized spacial score (nSPS) is 30.0. The summed E-state index contributed by atoms with van der Waals surface area (Å²) >= 11 is 0. The Hall–Kier alpha value is -0.590. The monoisotopic (exact) mass is 152 g/mol. The molecule has 1 fully saturated rings. The molecule has 0 radical (unpaired) electrons. The van der Waals surface area contributed by atoms with E-state index in [4.69, 9.17) is 0 Å². The number of allylic oxidation sites excluding steroid dienone is 1. The van der Waals surface area contributed by atoms with Gasteiger partial charge in [0.2, 0.25) is 0 Å². The van der Waals surface area contributed by atoms with Crippen molar-refractivity contribution < 1.29 is 4.79 Å². The van der Waals surface area contributed by atoms with Crippen LogP contribution in [-0.4, -0.2) is 6.29 Å². The average molecular weight is 152 g/mol. The zero-order chi connectivity index (χ0) is 8.48. The van der Waals surface area contributed by atoms with Gasteiger partial charge in [-0.2, -0.15) is 0 Å². The van der Waals surface area contributed by atoms with Crippen molar-refractivity contribution >= 4 is 6.29 Å². The molecule has 0 spiro atoms. The van der Waals surface area contributed by atoms with Crippen molar-refractivity contribution in [1.29, 1.82) is 0 Å². The molecule has 0 aromatic rings. The first-order valence-electron chi connectivity index (χ1n) is 4.21. The summed E-state index contributed by atoms with van der Waals surface area (Å²) in [5.74, 6) is 0.0937. The van der Waals surface area contributed by atoms with Gasteiger partial charge in [0.15, 0.2) is 0 Å². The number of carbonyl (C=O) groups is 1. The fourth-order valence-corrected chi connectivity index (χ4v) is 1.92. The van der Waals surface area contributed by atoms with Gasteiger partial charge in [0, 0.05) is 5.92 Å². The summed E-state index contributed by atoms with van der Waals surface area (Å²) in [6.07, 6.45) is 4.43. The van der Waals surface area contributed by atoms with E-state index in [1.54, 1.807) is 0 Å². The Bertz CT molecular complexity index is 179. The molecular weight excluding hydrogens is 136 g/mol. The van der Waals surface area contributed by atoms with E-state index in [0.29, 0.717) is 0 Å². The second-order valence-electron chi connectivity index (χ2n) is 4.11. The Morgan fingerprint density at radius 2 is 2.27 bits per heavy atom. The molecule has 0 heterocycles. The standard InChI is InChI=1S/C10H16O/c1-8-5-4-6-10(2,3)9(8)7-11/h7,9H,1,4-6H2,2-3H3. The van der Waals surface area contributed by atoms with Crippen LogP contribution < -0.4 is 0 Å². The Morgan fingerprint density at radius 1 is 1.64 bits per heavy atom. The third-order valence-electron chi connectivity index (χ3n) is 2.74. The maximum Gasteiger partial charge on any atom is 0.127 e. The summed E-state index contributed by atoms with van der Waals surface area (Å²) in [5, 5.41) is 0. The molecule has 0 aromatic heterocycles. The van der Waals surface area contributed by atoms with Gasteiger partial charge in [-0.3, -0.25) is 0 Å². The maximum absolute atomic E-state index is 10.7. The molecule has 0 saturated heterocycles. The lowest BCUT2D eigenvalue weighted by atomic mass is 9.67. The molecule has 1 heteroatoms. The Kier molecular flexibility index (Phi) is 2.17. The van der Waals surface area contributed by atoms with E-state index in [-0.39, 0.29) is 11.3 Å². The molecule has 1 aliphatic rings. The van der Waals surface area contributed by atoms with Crippen LogP contribution in [0.5, 0.6) is 0 Å². The van der Waals surface area contributed by atoms with E-state index < -0.39 is 0 Å². The SMILES string of the molecule is C=C1CCCC(C)(C)C1C=O. The molecule has 0 N–H and O–H groups in total. The van der Waals surface area contributed by atoms with Gasteiger partial charge < -0.3 is 4.79 Å². The van der Waals surface area contributed by atoms with E-state index in [0.717, 1.165) is 24.7 Å². The number of aldehydes is 1. The minimum atomic E-state index is 0.0937. The largest absolute Gasteiger partial charge is 0.303 e. The average Bonchev–Trinajstić information content (AvgIpc) is 1.86.